The smallest absolute Gasteiger partial charge is 0.347 e. The SMILES string of the molecule is C=C(/C=N\C(OC(F)F)C(C)F)C(=O)NCc1c(OC)cnc(C#N)c1F. The molecule has 1 heterocycles. The molecule has 0 aromatic carbocycles. The van der Waals surface area contributed by atoms with Gasteiger partial charge in [0.25, 0.3) is 5.91 Å². The lowest BCUT2D eigenvalue weighted by Gasteiger charge is -2.14. The third kappa shape index (κ3) is 6.34. The van der Waals surface area contributed by atoms with E-state index < -0.39 is 36.4 Å². The number of alkyl halides is 3. The number of nitriles is 1. The van der Waals surface area contributed by atoms with Crippen molar-refractivity contribution in [1.82, 2.24) is 10.3 Å². The second-order valence-electron chi connectivity index (χ2n) is 5.03. The standard InChI is InChI=1S/C16H16F4N4O3/c1-8(5-24-15(9(2)17)27-16(19)20)14(25)23-6-10-12(26-3)7-22-11(4-21)13(10)18/h5,7,9,15-16H,1,6H2,2-3H3,(H,23,25)/b24-5-. The van der Waals surface area contributed by atoms with Gasteiger partial charge in [-0.25, -0.2) is 13.8 Å². The summed E-state index contributed by atoms with van der Waals surface area (Å²) >= 11 is 0. The Balaban J connectivity index is 2.81. The molecule has 0 spiro atoms. The third-order valence-corrected chi connectivity index (χ3v) is 3.14. The molecular weight excluding hydrogens is 372 g/mol. The predicted molar refractivity (Wildman–Crippen MR) is 86.4 cm³/mol. The van der Waals surface area contributed by atoms with E-state index in [2.05, 4.69) is 26.6 Å². The lowest BCUT2D eigenvalue weighted by molar-refractivity contribution is -0.173. The predicted octanol–water partition coefficient (Wildman–Crippen LogP) is 2.27. The average molecular weight is 388 g/mol. The number of carbonyl (C=O) groups excluding carboxylic acids is 1. The average Bonchev–Trinajstić information content (AvgIpc) is 2.62. The summed E-state index contributed by atoms with van der Waals surface area (Å²) in [6.45, 7) is 0.689. The Labute approximate surface area is 152 Å². The molecule has 0 saturated heterocycles. The molecule has 0 aliphatic heterocycles. The van der Waals surface area contributed by atoms with E-state index in [1.165, 1.54) is 7.11 Å². The van der Waals surface area contributed by atoms with Crippen LogP contribution in [-0.2, 0) is 16.1 Å². The fourth-order valence-corrected chi connectivity index (χ4v) is 1.80. The van der Waals surface area contributed by atoms with Crippen LogP contribution in [0.3, 0.4) is 0 Å². The molecular formula is C16H16F4N4O3. The summed E-state index contributed by atoms with van der Waals surface area (Å²) in [4.78, 5) is 18.9. The van der Waals surface area contributed by atoms with Gasteiger partial charge in [-0.05, 0) is 6.92 Å². The minimum atomic E-state index is -3.25. The number of pyridine rings is 1. The highest BCUT2D eigenvalue weighted by Crippen LogP contribution is 2.22. The van der Waals surface area contributed by atoms with E-state index >= 15 is 0 Å². The van der Waals surface area contributed by atoms with E-state index in [4.69, 9.17) is 10.00 Å². The Morgan fingerprint density at radius 1 is 1.52 bits per heavy atom. The molecule has 0 radical (unpaired) electrons. The molecule has 7 nitrogen and oxygen atoms in total. The van der Waals surface area contributed by atoms with Crippen LogP contribution < -0.4 is 10.1 Å². The van der Waals surface area contributed by atoms with Crippen molar-refractivity contribution < 1.29 is 31.8 Å². The monoisotopic (exact) mass is 388 g/mol. The maximum atomic E-state index is 14.1. The van der Waals surface area contributed by atoms with Crippen molar-refractivity contribution in [3.05, 3.63) is 35.4 Å². The van der Waals surface area contributed by atoms with Gasteiger partial charge < -0.3 is 10.1 Å². The van der Waals surface area contributed by atoms with Crippen LogP contribution in [0.2, 0.25) is 0 Å². The minimum Gasteiger partial charge on any atom is -0.495 e. The van der Waals surface area contributed by atoms with E-state index in [0.717, 1.165) is 19.3 Å². The van der Waals surface area contributed by atoms with E-state index in [1.807, 2.05) is 0 Å². The van der Waals surface area contributed by atoms with Crippen LogP contribution in [0.1, 0.15) is 18.2 Å². The van der Waals surface area contributed by atoms with Gasteiger partial charge in [0.05, 0.1) is 24.4 Å². The summed E-state index contributed by atoms with van der Waals surface area (Å²) in [5, 5.41) is 11.1. The quantitative estimate of drug-likeness (QED) is 0.398. The number of ether oxygens (including phenoxy) is 2. The van der Waals surface area contributed by atoms with Crippen LogP contribution in [0.5, 0.6) is 5.75 Å². The first-order valence-corrected chi connectivity index (χ1v) is 7.40. The maximum Gasteiger partial charge on any atom is 0.347 e. The van der Waals surface area contributed by atoms with Crippen LogP contribution in [0.15, 0.2) is 23.3 Å². The first-order chi connectivity index (χ1) is 12.7. The third-order valence-electron chi connectivity index (χ3n) is 3.14. The molecule has 1 rings (SSSR count). The van der Waals surface area contributed by atoms with Crippen molar-refractivity contribution in [2.45, 2.75) is 32.5 Å². The number of methoxy groups -OCH3 is 1. The van der Waals surface area contributed by atoms with Crippen molar-refractivity contribution >= 4 is 12.1 Å². The summed E-state index contributed by atoms with van der Waals surface area (Å²) in [5.41, 5.74) is -0.921. The first-order valence-electron chi connectivity index (χ1n) is 7.40. The lowest BCUT2D eigenvalue weighted by atomic mass is 10.2. The highest BCUT2D eigenvalue weighted by atomic mass is 19.3. The van der Waals surface area contributed by atoms with Crippen molar-refractivity contribution in [1.29, 1.82) is 5.26 Å². The second kappa shape index (κ2) is 10.2. The molecule has 0 saturated carbocycles. The molecule has 146 valence electrons. The molecule has 11 heteroatoms. The highest BCUT2D eigenvalue weighted by molar-refractivity contribution is 6.11. The Morgan fingerprint density at radius 3 is 2.70 bits per heavy atom. The van der Waals surface area contributed by atoms with Crippen LogP contribution in [0.4, 0.5) is 17.6 Å². The zero-order valence-corrected chi connectivity index (χ0v) is 14.4. The molecule has 1 aromatic rings. The van der Waals surface area contributed by atoms with Crippen molar-refractivity contribution in [2.24, 2.45) is 4.99 Å². The molecule has 0 fully saturated rings. The first kappa shape index (κ1) is 22.0. The fraction of sp³-hybridized carbons (Fsp3) is 0.375. The van der Waals surface area contributed by atoms with Gasteiger partial charge in [0, 0.05) is 12.8 Å². The van der Waals surface area contributed by atoms with Crippen LogP contribution in [0, 0.1) is 17.1 Å². The van der Waals surface area contributed by atoms with Gasteiger partial charge in [0.15, 0.2) is 17.7 Å². The largest absolute Gasteiger partial charge is 0.495 e. The summed E-state index contributed by atoms with van der Waals surface area (Å²) in [5.74, 6) is -1.80. The summed E-state index contributed by atoms with van der Waals surface area (Å²) in [7, 11) is 1.25. The fourth-order valence-electron chi connectivity index (χ4n) is 1.80. The number of nitrogens with zero attached hydrogens (tertiary/aromatic N) is 3. The van der Waals surface area contributed by atoms with Gasteiger partial charge in [-0.2, -0.15) is 14.0 Å². The molecule has 0 bridgehead atoms. The Morgan fingerprint density at radius 2 is 2.19 bits per heavy atom. The molecule has 2 atom stereocenters. The summed E-state index contributed by atoms with van der Waals surface area (Å²) in [6, 6.07) is 1.55. The van der Waals surface area contributed by atoms with Crippen molar-refractivity contribution in [3.63, 3.8) is 0 Å². The highest BCUT2D eigenvalue weighted by Gasteiger charge is 2.21. The molecule has 0 aliphatic carbocycles. The molecule has 27 heavy (non-hydrogen) atoms. The number of aromatic nitrogens is 1. The topological polar surface area (TPSA) is 96.6 Å². The van der Waals surface area contributed by atoms with Gasteiger partial charge in [0.2, 0.25) is 0 Å². The zero-order valence-electron chi connectivity index (χ0n) is 14.4. The number of amides is 1. The van der Waals surface area contributed by atoms with E-state index in [-0.39, 0.29) is 23.4 Å². The Bertz CT molecular complexity index is 763. The Hall–Kier alpha value is -3.00. The number of hydrogen-bond acceptors (Lipinski definition) is 6. The molecule has 0 aliphatic rings. The van der Waals surface area contributed by atoms with Crippen molar-refractivity contribution in [3.8, 4) is 11.8 Å². The normalized spacial score (nSPS) is 13.3. The maximum absolute atomic E-state index is 14.1. The number of rotatable bonds is 9. The van der Waals surface area contributed by atoms with Gasteiger partial charge in [0.1, 0.15) is 18.0 Å². The molecule has 1 N–H and O–H groups in total. The van der Waals surface area contributed by atoms with E-state index in [0.29, 0.717) is 0 Å². The number of carbonyl (C=O) groups is 1. The van der Waals surface area contributed by atoms with Gasteiger partial charge >= 0.3 is 6.61 Å². The molecule has 2 unspecified atom stereocenters. The van der Waals surface area contributed by atoms with E-state index in [1.54, 1.807) is 6.07 Å². The van der Waals surface area contributed by atoms with Crippen LogP contribution in [-0.4, -0.2) is 43.2 Å². The number of hydrogen-bond donors (Lipinski definition) is 1. The molecule has 1 amide bonds. The summed E-state index contributed by atoms with van der Waals surface area (Å²) < 4.78 is 60.5. The number of aliphatic imine (C=N–C) groups is 1. The van der Waals surface area contributed by atoms with Gasteiger partial charge in [-0.1, -0.05) is 6.58 Å². The van der Waals surface area contributed by atoms with Gasteiger partial charge in [-0.3, -0.25) is 14.5 Å². The second-order valence-corrected chi connectivity index (χ2v) is 5.03. The van der Waals surface area contributed by atoms with Gasteiger partial charge in [-0.15, -0.1) is 0 Å². The van der Waals surface area contributed by atoms with Crippen LogP contribution >= 0.6 is 0 Å². The summed E-state index contributed by atoms with van der Waals surface area (Å²) in [6.07, 6.45) is -1.79. The van der Waals surface area contributed by atoms with E-state index in [9.17, 15) is 22.4 Å². The molecule has 1 aromatic heterocycles. The Kier molecular flexibility index (Phi) is 8.34. The van der Waals surface area contributed by atoms with Crippen molar-refractivity contribution in [2.75, 3.05) is 7.11 Å². The number of halogens is 4. The number of nitrogens with one attached hydrogen (secondary N) is 1. The van der Waals surface area contributed by atoms with Crippen LogP contribution in [0.25, 0.3) is 0 Å². The zero-order chi connectivity index (χ0) is 20.6. The minimum absolute atomic E-state index is 0.00253. The lowest BCUT2D eigenvalue weighted by Crippen LogP contribution is -2.27.